The number of rotatable bonds is 5. The summed E-state index contributed by atoms with van der Waals surface area (Å²) in [5.41, 5.74) is 3.43. The smallest absolute Gasteiger partial charge is 0.256 e. The third-order valence-electron chi connectivity index (χ3n) is 6.22. The van der Waals surface area contributed by atoms with Gasteiger partial charge >= 0.3 is 0 Å². The molecule has 0 aliphatic carbocycles. The summed E-state index contributed by atoms with van der Waals surface area (Å²) >= 11 is 3.29. The number of carbonyl (C=O) groups is 1. The summed E-state index contributed by atoms with van der Waals surface area (Å²) in [6, 6.07) is 13.4. The van der Waals surface area contributed by atoms with Crippen molar-refractivity contribution in [3.05, 3.63) is 58.5 Å². The SMILES string of the molecule is COc1ccc(C(=O)Nc2sc3c(c2-c2nc4ccccc4s2)CC(C)(C)NC3(C)C)cc1OC. The zero-order valence-electron chi connectivity index (χ0n) is 20.7. The summed E-state index contributed by atoms with van der Waals surface area (Å²) in [6.45, 7) is 8.84. The lowest BCUT2D eigenvalue weighted by molar-refractivity contribution is 0.102. The first-order valence-corrected chi connectivity index (χ1v) is 13.1. The van der Waals surface area contributed by atoms with Gasteiger partial charge in [0.25, 0.3) is 5.91 Å². The van der Waals surface area contributed by atoms with Gasteiger partial charge in [-0.3, -0.25) is 4.79 Å². The van der Waals surface area contributed by atoms with Crippen LogP contribution in [0.5, 0.6) is 11.5 Å². The first-order valence-electron chi connectivity index (χ1n) is 11.5. The third kappa shape index (κ3) is 4.30. The molecule has 0 fully saturated rings. The molecule has 3 heterocycles. The van der Waals surface area contributed by atoms with Crippen molar-refractivity contribution in [2.75, 3.05) is 19.5 Å². The Morgan fingerprint density at radius 2 is 1.77 bits per heavy atom. The second kappa shape index (κ2) is 8.62. The highest BCUT2D eigenvalue weighted by molar-refractivity contribution is 7.23. The van der Waals surface area contributed by atoms with E-state index in [1.54, 1.807) is 55.1 Å². The molecule has 2 aromatic heterocycles. The zero-order valence-corrected chi connectivity index (χ0v) is 22.4. The highest BCUT2D eigenvalue weighted by Gasteiger charge is 2.41. The van der Waals surface area contributed by atoms with Crippen LogP contribution in [0.2, 0.25) is 0 Å². The summed E-state index contributed by atoms with van der Waals surface area (Å²) in [7, 11) is 3.14. The van der Waals surface area contributed by atoms with E-state index in [2.05, 4.69) is 44.4 Å². The van der Waals surface area contributed by atoms with Gasteiger partial charge in [0.05, 0.1) is 24.4 Å². The zero-order chi connectivity index (χ0) is 25.0. The van der Waals surface area contributed by atoms with E-state index in [0.29, 0.717) is 17.1 Å². The topological polar surface area (TPSA) is 72.5 Å². The number of fused-ring (bicyclic) bond motifs is 2. The molecule has 0 bridgehead atoms. The number of nitrogens with one attached hydrogen (secondary N) is 2. The summed E-state index contributed by atoms with van der Waals surface area (Å²) in [5, 5.41) is 8.72. The molecule has 35 heavy (non-hydrogen) atoms. The minimum Gasteiger partial charge on any atom is -0.493 e. The van der Waals surface area contributed by atoms with Crippen LogP contribution < -0.4 is 20.1 Å². The predicted molar refractivity (Wildman–Crippen MR) is 144 cm³/mol. The maximum absolute atomic E-state index is 13.4. The van der Waals surface area contributed by atoms with Crippen molar-refractivity contribution >= 4 is 43.8 Å². The lowest BCUT2D eigenvalue weighted by atomic mass is 9.81. The number of para-hydroxylation sites is 1. The summed E-state index contributed by atoms with van der Waals surface area (Å²) < 4.78 is 11.9. The van der Waals surface area contributed by atoms with E-state index < -0.39 is 0 Å². The monoisotopic (exact) mass is 507 g/mol. The number of thiophene rings is 1. The molecule has 1 amide bonds. The fourth-order valence-electron chi connectivity index (χ4n) is 4.97. The van der Waals surface area contributed by atoms with Gasteiger partial charge in [-0.2, -0.15) is 0 Å². The van der Waals surface area contributed by atoms with Crippen molar-refractivity contribution in [3.8, 4) is 22.1 Å². The lowest BCUT2D eigenvalue weighted by Gasteiger charge is -2.42. The Balaban J connectivity index is 1.63. The minimum atomic E-state index is -0.237. The van der Waals surface area contributed by atoms with E-state index in [-0.39, 0.29) is 17.0 Å². The number of hydrogen-bond acceptors (Lipinski definition) is 7. The van der Waals surface area contributed by atoms with Gasteiger partial charge in [0.15, 0.2) is 11.5 Å². The number of nitrogens with zero attached hydrogens (tertiary/aromatic N) is 1. The van der Waals surface area contributed by atoms with Gasteiger partial charge in [-0.05, 0) is 70.0 Å². The van der Waals surface area contributed by atoms with Gasteiger partial charge in [0.2, 0.25) is 0 Å². The molecule has 0 spiro atoms. The van der Waals surface area contributed by atoms with Gasteiger partial charge < -0.3 is 20.1 Å². The number of benzene rings is 2. The fraction of sp³-hybridized carbons (Fsp3) is 0.333. The molecule has 2 aromatic carbocycles. The Labute approximate surface area is 213 Å². The van der Waals surface area contributed by atoms with Crippen molar-refractivity contribution < 1.29 is 14.3 Å². The Morgan fingerprint density at radius 1 is 1.03 bits per heavy atom. The van der Waals surface area contributed by atoms with Crippen molar-refractivity contribution in [1.29, 1.82) is 0 Å². The van der Waals surface area contributed by atoms with E-state index in [0.717, 1.165) is 32.2 Å². The number of anilines is 1. The third-order valence-corrected chi connectivity index (χ3v) is 8.75. The molecule has 8 heteroatoms. The molecule has 0 saturated heterocycles. The van der Waals surface area contributed by atoms with Crippen molar-refractivity contribution in [2.24, 2.45) is 0 Å². The first-order chi connectivity index (χ1) is 16.6. The van der Waals surface area contributed by atoms with Crippen LogP contribution in [0.15, 0.2) is 42.5 Å². The van der Waals surface area contributed by atoms with E-state index in [1.165, 1.54) is 10.4 Å². The standard InChI is InChI=1S/C27H29N3O3S2/c1-26(2)14-16-21(24-28-17-9-7-8-10-20(17)34-24)25(35-22(16)27(3,4)30-26)29-23(31)15-11-12-18(32-5)19(13-15)33-6/h7-13,30H,14H2,1-6H3,(H,29,31). The number of amides is 1. The van der Waals surface area contributed by atoms with E-state index in [1.807, 2.05) is 18.2 Å². The number of ether oxygens (including phenoxy) is 2. The maximum atomic E-state index is 13.4. The van der Waals surface area contributed by atoms with E-state index in [9.17, 15) is 4.79 Å². The van der Waals surface area contributed by atoms with Gasteiger partial charge in [0, 0.05) is 27.1 Å². The summed E-state index contributed by atoms with van der Waals surface area (Å²) in [5.74, 6) is 0.905. The average molecular weight is 508 g/mol. The Hall–Kier alpha value is -2.94. The van der Waals surface area contributed by atoms with Crippen molar-refractivity contribution in [3.63, 3.8) is 0 Å². The number of thiazole rings is 1. The maximum Gasteiger partial charge on any atom is 0.256 e. The number of carbonyl (C=O) groups excluding carboxylic acids is 1. The molecule has 6 nitrogen and oxygen atoms in total. The summed E-state index contributed by atoms with van der Waals surface area (Å²) in [6.07, 6.45) is 0.847. The number of methoxy groups -OCH3 is 2. The fourth-order valence-corrected chi connectivity index (χ4v) is 7.36. The molecule has 0 radical (unpaired) electrons. The van der Waals surface area contributed by atoms with Crippen molar-refractivity contribution in [1.82, 2.24) is 10.3 Å². The van der Waals surface area contributed by atoms with Crippen LogP contribution in [0.3, 0.4) is 0 Å². The molecule has 5 rings (SSSR count). The molecular weight excluding hydrogens is 478 g/mol. The molecule has 2 N–H and O–H groups in total. The lowest BCUT2D eigenvalue weighted by Crippen LogP contribution is -2.54. The van der Waals surface area contributed by atoms with Crippen molar-refractivity contribution in [2.45, 2.75) is 45.2 Å². The second-order valence-electron chi connectivity index (χ2n) is 9.94. The molecular formula is C27H29N3O3S2. The van der Waals surface area contributed by atoms with E-state index in [4.69, 9.17) is 14.5 Å². The molecule has 0 saturated carbocycles. The quantitative estimate of drug-likeness (QED) is 0.325. The van der Waals surface area contributed by atoms with Gasteiger partial charge in [0.1, 0.15) is 10.0 Å². The molecule has 1 aliphatic rings. The minimum absolute atomic E-state index is 0.0896. The van der Waals surface area contributed by atoms with Crippen LogP contribution in [0, 0.1) is 0 Å². The highest BCUT2D eigenvalue weighted by Crippen LogP contribution is 2.50. The van der Waals surface area contributed by atoms with Crippen LogP contribution in [-0.4, -0.2) is 30.6 Å². The molecule has 4 aromatic rings. The number of aromatic nitrogens is 1. The molecule has 182 valence electrons. The second-order valence-corrected chi connectivity index (χ2v) is 12.0. The van der Waals surface area contributed by atoms with E-state index >= 15 is 0 Å². The Kier molecular flexibility index (Phi) is 5.86. The van der Waals surface area contributed by atoms with Crippen LogP contribution in [0.4, 0.5) is 5.00 Å². The van der Waals surface area contributed by atoms with Gasteiger partial charge in [-0.1, -0.05) is 12.1 Å². The molecule has 1 aliphatic heterocycles. The molecule has 0 atom stereocenters. The van der Waals surface area contributed by atoms with Crippen LogP contribution in [0.25, 0.3) is 20.8 Å². The number of hydrogen-bond donors (Lipinski definition) is 2. The van der Waals surface area contributed by atoms with Crippen LogP contribution >= 0.6 is 22.7 Å². The highest BCUT2D eigenvalue weighted by atomic mass is 32.1. The summed E-state index contributed by atoms with van der Waals surface area (Å²) in [4.78, 5) is 19.6. The average Bonchev–Trinajstić information content (AvgIpc) is 3.38. The first kappa shape index (κ1) is 23.8. The van der Waals surface area contributed by atoms with Gasteiger partial charge in [-0.25, -0.2) is 4.98 Å². The van der Waals surface area contributed by atoms with Crippen LogP contribution in [-0.2, 0) is 12.0 Å². The largest absolute Gasteiger partial charge is 0.493 e. The molecule has 0 unspecified atom stereocenters. The predicted octanol–water partition coefficient (Wildman–Crippen LogP) is 6.45. The van der Waals surface area contributed by atoms with Gasteiger partial charge in [-0.15, -0.1) is 22.7 Å². The Morgan fingerprint density at radius 3 is 2.49 bits per heavy atom. The Bertz CT molecular complexity index is 1400. The van der Waals surface area contributed by atoms with Crippen LogP contribution in [0.1, 0.15) is 48.5 Å². The normalized spacial score (nSPS) is 16.1.